The lowest BCUT2D eigenvalue weighted by molar-refractivity contribution is -0.889. The van der Waals surface area contributed by atoms with Crippen LogP contribution in [0.5, 0.6) is 0 Å². The van der Waals surface area contributed by atoms with E-state index in [1.54, 1.807) is 21.1 Å². The van der Waals surface area contributed by atoms with Gasteiger partial charge in [0, 0.05) is 19.3 Å². The van der Waals surface area contributed by atoms with Gasteiger partial charge in [0.1, 0.15) is 12.6 Å². The van der Waals surface area contributed by atoms with E-state index in [0.717, 1.165) is 64.2 Å². The summed E-state index contributed by atoms with van der Waals surface area (Å²) in [7, 11) is 5.38. The SMILES string of the molecule is CC/C=C/C=C/C=C/C=C/C=C/CCCCCC(=O)OC(COCCC(C(=O)[O-])[N+](C)(C)C)COC(=O)CCCCCCCCCCCCC/C=C/C/C=C/C/C=C/CC. The van der Waals surface area contributed by atoms with Crippen LogP contribution in [-0.4, -0.2) is 75.5 Å². The van der Waals surface area contributed by atoms with Crippen LogP contribution < -0.4 is 5.11 Å². The van der Waals surface area contributed by atoms with Gasteiger partial charge in [-0.15, -0.1) is 0 Å². The third-order valence-electron chi connectivity index (χ3n) is 9.84. The molecule has 8 heteroatoms. The molecule has 8 nitrogen and oxygen atoms in total. The number of hydrogen-bond acceptors (Lipinski definition) is 7. The molecule has 0 spiro atoms. The van der Waals surface area contributed by atoms with Gasteiger partial charge in [0.05, 0.1) is 40.3 Å². The first-order chi connectivity index (χ1) is 29.1. The molecule has 340 valence electrons. The Balaban J connectivity index is 4.35. The molecule has 0 bridgehead atoms. The van der Waals surface area contributed by atoms with Crippen LogP contribution in [0.4, 0.5) is 0 Å². The Bertz CT molecular complexity index is 1300. The molecule has 0 aliphatic rings. The Morgan fingerprint density at radius 3 is 1.52 bits per heavy atom. The molecule has 60 heavy (non-hydrogen) atoms. The largest absolute Gasteiger partial charge is 0.544 e. The van der Waals surface area contributed by atoms with Crippen molar-refractivity contribution in [3.8, 4) is 0 Å². The Hall–Kier alpha value is -3.75. The molecule has 0 aliphatic heterocycles. The summed E-state index contributed by atoms with van der Waals surface area (Å²) >= 11 is 0. The number of rotatable bonds is 40. The number of quaternary nitrogens is 1. The number of carbonyl (C=O) groups excluding carboxylic acids is 3. The zero-order valence-corrected chi connectivity index (χ0v) is 38.6. The van der Waals surface area contributed by atoms with Gasteiger partial charge in [0.15, 0.2) is 6.10 Å². The van der Waals surface area contributed by atoms with Crippen molar-refractivity contribution in [2.24, 2.45) is 0 Å². The third kappa shape index (κ3) is 39.7. The maximum absolute atomic E-state index is 12.7. The smallest absolute Gasteiger partial charge is 0.306 e. The second-order valence-corrected chi connectivity index (χ2v) is 16.3. The first-order valence-corrected chi connectivity index (χ1v) is 23.3. The average molecular weight is 836 g/mol. The summed E-state index contributed by atoms with van der Waals surface area (Å²) < 4.78 is 17.1. The van der Waals surface area contributed by atoms with Crippen molar-refractivity contribution in [2.75, 3.05) is 41.0 Å². The van der Waals surface area contributed by atoms with E-state index in [2.05, 4.69) is 62.5 Å². The number of hydrogen-bond donors (Lipinski definition) is 0. The first-order valence-electron chi connectivity index (χ1n) is 23.3. The number of unbranched alkanes of at least 4 members (excludes halogenated alkanes) is 14. The van der Waals surface area contributed by atoms with E-state index in [1.807, 2.05) is 48.6 Å². The number of carbonyl (C=O) groups is 3. The van der Waals surface area contributed by atoms with Crippen molar-refractivity contribution in [3.05, 3.63) is 97.2 Å². The highest BCUT2D eigenvalue weighted by molar-refractivity contribution is 5.70. The fourth-order valence-electron chi connectivity index (χ4n) is 6.28. The topological polar surface area (TPSA) is 102 Å². The Morgan fingerprint density at radius 2 is 0.967 bits per heavy atom. The minimum Gasteiger partial charge on any atom is -0.544 e. The second-order valence-electron chi connectivity index (χ2n) is 16.3. The summed E-state index contributed by atoms with van der Waals surface area (Å²) in [6.07, 6.45) is 55.8. The Kier molecular flexibility index (Phi) is 39.3. The number of nitrogens with zero attached hydrogens (tertiary/aromatic N) is 1. The van der Waals surface area contributed by atoms with Crippen LogP contribution in [0.1, 0.15) is 162 Å². The fourth-order valence-corrected chi connectivity index (χ4v) is 6.28. The van der Waals surface area contributed by atoms with Crippen LogP contribution in [0.15, 0.2) is 97.2 Å². The van der Waals surface area contributed by atoms with E-state index in [9.17, 15) is 19.5 Å². The van der Waals surface area contributed by atoms with Crippen molar-refractivity contribution in [1.29, 1.82) is 0 Å². The zero-order valence-electron chi connectivity index (χ0n) is 38.6. The Labute approximate surface area is 366 Å². The van der Waals surface area contributed by atoms with Crippen LogP contribution in [0, 0.1) is 0 Å². The van der Waals surface area contributed by atoms with E-state index in [1.165, 1.54) is 57.8 Å². The van der Waals surface area contributed by atoms with Gasteiger partial charge < -0.3 is 28.6 Å². The number of likely N-dealkylation sites (N-methyl/N-ethyl adjacent to an activating group) is 1. The maximum atomic E-state index is 12.7. The van der Waals surface area contributed by atoms with Crippen LogP contribution in [0.2, 0.25) is 0 Å². The summed E-state index contributed by atoms with van der Waals surface area (Å²) in [4.78, 5) is 36.9. The van der Waals surface area contributed by atoms with E-state index < -0.39 is 18.1 Å². The normalized spacial score (nSPS) is 13.8. The monoisotopic (exact) mass is 836 g/mol. The van der Waals surface area contributed by atoms with E-state index in [-0.39, 0.29) is 49.1 Å². The van der Waals surface area contributed by atoms with E-state index in [0.29, 0.717) is 12.8 Å². The highest BCUT2D eigenvalue weighted by Gasteiger charge is 2.25. The molecule has 0 rings (SSSR count). The average Bonchev–Trinajstić information content (AvgIpc) is 3.21. The Morgan fingerprint density at radius 1 is 0.517 bits per heavy atom. The minimum atomic E-state index is -1.14. The number of aliphatic carboxylic acids is 1. The lowest BCUT2D eigenvalue weighted by Crippen LogP contribution is -2.55. The van der Waals surface area contributed by atoms with Gasteiger partial charge in [0.2, 0.25) is 0 Å². The summed E-state index contributed by atoms with van der Waals surface area (Å²) in [5.41, 5.74) is 0. The molecule has 0 aromatic rings. The van der Waals surface area contributed by atoms with Gasteiger partial charge in [-0.3, -0.25) is 9.59 Å². The minimum absolute atomic E-state index is 0.0166. The highest BCUT2D eigenvalue weighted by atomic mass is 16.6. The maximum Gasteiger partial charge on any atom is 0.306 e. The first kappa shape index (κ1) is 56.2. The molecule has 0 N–H and O–H groups in total. The summed E-state index contributed by atoms with van der Waals surface area (Å²) in [5, 5.41) is 11.6. The van der Waals surface area contributed by atoms with Crippen LogP contribution in [0.25, 0.3) is 0 Å². The lowest BCUT2D eigenvalue weighted by atomic mass is 10.0. The van der Waals surface area contributed by atoms with Gasteiger partial charge in [-0.25, -0.2) is 0 Å². The van der Waals surface area contributed by atoms with Crippen LogP contribution >= 0.6 is 0 Å². The zero-order chi connectivity index (χ0) is 44.2. The number of ether oxygens (including phenoxy) is 3. The molecule has 0 aromatic carbocycles. The van der Waals surface area contributed by atoms with Gasteiger partial charge in [0.25, 0.3) is 0 Å². The molecule has 0 fully saturated rings. The van der Waals surface area contributed by atoms with Crippen LogP contribution in [0.3, 0.4) is 0 Å². The summed E-state index contributed by atoms with van der Waals surface area (Å²) in [6.45, 7) is 4.35. The number of carboxylic acid groups (broad SMARTS) is 1. The van der Waals surface area contributed by atoms with E-state index >= 15 is 0 Å². The number of carboxylic acids is 1. The fraction of sp³-hybridized carbons (Fsp3) is 0.635. The van der Waals surface area contributed by atoms with Gasteiger partial charge in [-0.2, -0.15) is 0 Å². The van der Waals surface area contributed by atoms with Gasteiger partial charge in [-0.1, -0.05) is 175 Å². The highest BCUT2D eigenvalue weighted by Crippen LogP contribution is 2.14. The molecule has 0 aliphatic carbocycles. The predicted octanol–water partition coefficient (Wildman–Crippen LogP) is 11.7. The van der Waals surface area contributed by atoms with Crippen LogP contribution in [-0.2, 0) is 28.6 Å². The molecule has 0 radical (unpaired) electrons. The molecule has 0 saturated carbocycles. The third-order valence-corrected chi connectivity index (χ3v) is 9.84. The summed E-state index contributed by atoms with van der Waals surface area (Å²) in [5.74, 6) is -1.81. The van der Waals surface area contributed by atoms with Crippen molar-refractivity contribution in [3.63, 3.8) is 0 Å². The molecular weight excluding hydrogens is 751 g/mol. The van der Waals surface area contributed by atoms with Crippen molar-refractivity contribution >= 4 is 17.9 Å². The quantitative estimate of drug-likeness (QED) is 0.0199. The molecule has 2 unspecified atom stereocenters. The van der Waals surface area contributed by atoms with Gasteiger partial charge in [-0.05, 0) is 64.2 Å². The molecular formula is C52H85NO7. The second kappa shape index (κ2) is 42.0. The van der Waals surface area contributed by atoms with E-state index in [4.69, 9.17) is 14.2 Å². The molecule has 0 amide bonds. The lowest BCUT2D eigenvalue weighted by Gasteiger charge is -2.34. The van der Waals surface area contributed by atoms with Crippen molar-refractivity contribution in [1.82, 2.24) is 0 Å². The molecule has 0 aromatic heterocycles. The van der Waals surface area contributed by atoms with Crippen molar-refractivity contribution in [2.45, 2.75) is 174 Å². The predicted molar refractivity (Wildman–Crippen MR) is 249 cm³/mol. The number of esters is 2. The van der Waals surface area contributed by atoms with Crippen molar-refractivity contribution < 1.29 is 38.2 Å². The molecule has 0 saturated heterocycles. The standard InChI is InChI=1S/C52H85NO7/c1-6-8-10-12-14-16-18-20-22-23-24-25-26-27-29-30-32-34-36-38-40-42-50(54)59-47-48(46-58-45-44-49(52(56)57)53(3,4)5)60-51(55)43-41-39-37-35-33-31-28-21-19-17-15-13-11-9-7-2/h8-11,13-17,19-22,28,31,33,48-49H,6-7,12,18,23-27,29-30,32,34-47H2,1-5H3/b10-8+,11-9+,15-13+,16-14+,19-17+,22-20+,28-21+,33-31+. The van der Waals surface area contributed by atoms with Gasteiger partial charge >= 0.3 is 11.9 Å². The summed E-state index contributed by atoms with van der Waals surface area (Å²) in [6, 6.07) is -0.740. The molecule has 2 atom stereocenters. The number of allylic oxidation sites excluding steroid dienone is 16. The molecule has 0 heterocycles.